The average Bonchev–Trinajstić information content (AvgIpc) is 2.11. The Labute approximate surface area is 40.6 Å². The second-order valence-electron chi connectivity index (χ2n) is 1.37. The molecule has 0 unspecified atom stereocenters. The van der Waals surface area contributed by atoms with Crippen molar-refractivity contribution in [2.24, 2.45) is 0 Å². The molecule has 0 heteroatoms. The van der Waals surface area contributed by atoms with E-state index in [4.69, 9.17) is 0 Å². The molecular formula is C6H12. The van der Waals surface area contributed by atoms with E-state index in [-0.39, 0.29) is 0 Å². The molecule has 0 spiro atoms. The molecule has 0 N–H and O–H groups in total. The highest BCUT2D eigenvalue weighted by molar-refractivity contribution is 4.79. The van der Waals surface area contributed by atoms with E-state index >= 15 is 0 Å². The Bertz CT molecular complexity index is 11.2. The molecule has 0 aliphatic heterocycles. The van der Waals surface area contributed by atoms with Crippen molar-refractivity contribution in [3.8, 4) is 0 Å². The van der Waals surface area contributed by atoms with Gasteiger partial charge < -0.3 is 0 Å². The molecule has 36 valence electrons. The van der Waals surface area contributed by atoms with Crippen LogP contribution < -0.4 is 0 Å². The summed E-state index contributed by atoms with van der Waals surface area (Å²) >= 11 is 0. The average molecular weight is 84.2 g/mol. The van der Waals surface area contributed by atoms with Gasteiger partial charge in [0.2, 0.25) is 0 Å². The fourth-order valence-corrected chi connectivity index (χ4v) is 0. The lowest BCUT2D eigenvalue weighted by molar-refractivity contribution is 1.23. The Morgan fingerprint density at radius 1 is 1.67 bits per heavy atom. The van der Waals surface area contributed by atoms with E-state index in [0.717, 1.165) is 6.42 Å². The lowest BCUT2D eigenvalue weighted by atomic mass is 10.6. The van der Waals surface area contributed by atoms with Gasteiger partial charge in [-0.2, -0.15) is 0 Å². The van der Waals surface area contributed by atoms with Gasteiger partial charge in [0.15, 0.2) is 0 Å². The van der Waals surface area contributed by atoms with Gasteiger partial charge >= 0.3 is 0 Å². The Balaban J connectivity index is 0.0000000833. The summed E-state index contributed by atoms with van der Waals surface area (Å²) in [6.45, 7) is 5.50. The van der Waals surface area contributed by atoms with Crippen LogP contribution in [0.1, 0.15) is 26.2 Å². The van der Waals surface area contributed by atoms with E-state index in [1.165, 1.54) is 12.8 Å². The monoisotopic (exact) mass is 84.1 g/mol. The van der Waals surface area contributed by atoms with E-state index < -0.39 is 0 Å². The lowest BCUT2D eigenvalue weighted by Crippen LogP contribution is -1.29. The minimum absolute atomic E-state index is 1.00. The lowest BCUT2D eigenvalue weighted by Gasteiger charge is -1.47. The van der Waals surface area contributed by atoms with Gasteiger partial charge in [0.05, 0.1) is 0 Å². The van der Waals surface area contributed by atoms with Crippen molar-refractivity contribution < 1.29 is 0 Å². The minimum Gasteiger partial charge on any atom is -0.0654 e. The van der Waals surface area contributed by atoms with Crippen LogP contribution in [0.2, 0.25) is 0 Å². The SMILES string of the molecule is [CH2]CC.[CH]1CC1. The molecule has 0 amide bonds. The normalized spacial score (nSPS) is 15.0. The first-order valence-corrected chi connectivity index (χ1v) is 2.52. The van der Waals surface area contributed by atoms with Crippen LogP contribution in [0.3, 0.4) is 0 Å². The predicted molar refractivity (Wildman–Crippen MR) is 29.2 cm³/mol. The van der Waals surface area contributed by atoms with Gasteiger partial charge in [-0.25, -0.2) is 0 Å². The first-order chi connectivity index (χ1) is 2.91. The van der Waals surface area contributed by atoms with Crippen molar-refractivity contribution in [2.75, 3.05) is 0 Å². The van der Waals surface area contributed by atoms with Crippen LogP contribution in [0.5, 0.6) is 0 Å². The van der Waals surface area contributed by atoms with E-state index in [2.05, 4.69) is 13.3 Å². The molecule has 6 heavy (non-hydrogen) atoms. The van der Waals surface area contributed by atoms with Gasteiger partial charge in [-0.15, -0.1) is 0 Å². The Hall–Kier alpha value is 0. The van der Waals surface area contributed by atoms with E-state index in [9.17, 15) is 0 Å². The molecule has 0 aromatic carbocycles. The van der Waals surface area contributed by atoms with Crippen LogP contribution in [0.15, 0.2) is 0 Å². The van der Waals surface area contributed by atoms with Gasteiger partial charge in [0.25, 0.3) is 0 Å². The summed E-state index contributed by atoms with van der Waals surface area (Å²) in [6.07, 6.45) is 6.00. The smallest absolute Gasteiger partial charge is 0.0386 e. The van der Waals surface area contributed by atoms with Crippen LogP contribution in [-0.4, -0.2) is 0 Å². The third-order valence-corrected chi connectivity index (χ3v) is 0.289. The van der Waals surface area contributed by atoms with Crippen molar-refractivity contribution in [1.29, 1.82) is 0 Å². The topological polar surface area (TPSA) is 0 Å². The van der Waals surface area contributed by atoms with Crippen molar-refractivity contribution in [3.05, 3.63) is 13.3 Å². The molecule has 0 aromatic rings. The maximum atomic E-state index is 3.49. The predicted octanol–water partition coefficient (Wildman–Crippen LogP) is 2.21. The minimum atomic E-state index is 1.00. The van der Waals surface area contributed by atoms with E-state index in [1.54, 1.807) is 0 Å². The zero-order valence-electron chi connectivity index (χ0n) is 4.41. The highest BCUT2D eigenvalue weighted by Crippen LogP contribution is 2.12. The second-order valence-corrected chi connectivity index (χ2v) is 1.37. The fraction of sp³-hybridized carbons (Fsp3) is 0.667. The molecule has 0 saturated heterocycles. The van der Waals surface area contributed by atoms with Gasteiger partial charge in [-0.05, 0) is 19.3 Å². The maximum absolute atomic E-state index is 3.49. The molecule has 1 saturated carbocycles. The Kier molecular flexibility index (Phi) is 5.00. The van der Waals surface area contributed by atoms with Gasteiger partial charge in [-0.1, -0.05) is 20.3 Å². The summed E-state index contributed by atoms with van der Waals surface area (Å²) in [5.74, 6) is 0. The summed E-state index contributed by atoms with van der Waals surface area (Å²) in [4.78, 5) is 0. The molecule has 0 atom stereocenters. The highest BCUT2D eigenvalue weighted by Gasteiger charge is 1.95. The first-order valence-electron chi connectivity index (χ1n) is 2.52. The number of hydrogen-bond donors (Lipinski definition) is 0. The first kappa shape index (κ1) is 6.00. The van der Waals surface area contributed by atoms with Crippen molar-refractivity contribution in [3.63, 3.8) is 0 Å². The number of rotatable bonds is 0. The Morgan fingerprint density at radius 2 is 1.83 bits per heavy atom. The molecule has 0 heterocycles. The second kappa shape index (κ2) is 5.00. The third kappa shape index (κ3) is 36.0. The summed E-state index contributed by atoms with van der Waals surface area (Å²) < 4.78 is 0. The molecule has 0 nitrogen and oxygen atoms in total. The Morgan fingerprint density at radius 3 is 1.83 bits per heavy atom. The van der Waals surface area contributed by atoms with Crippen LogP contribution in [0, 0.1) is 13.3 Å². The van der Waals surface area contributed by atoms with Crippen LogP contribution in [0.4, 0.5) is 0 Å². The standard InChI is InChI=1S/C3H5.C3H7/c1-2-3-1;1-3-2/h1H,2-3H2;1,3H2,2H3. The quantitative estimate of drug-likeness (QED) is 0.422. The summed E-state index contributed by atoms with van der Waals surface area (Å²) in [5.41, 5.74) is 0. The number of hydrogen-bond acceptors (Lipinski definition) is 0. The fourth-order valence-electron chi connectivity index (χ4n) is 0. The molecule has 1 aliphatic carbocycles. The molecule has 1 fully saturated rings. The van der Waals surface area contributed by atoms with Crippen molar-refractivity contribution in [2.45, 2.75) is 26.2 Å². The molecule has 1 aliphatic rings. The van der Waals surface area contributed by atoms with E-state index in [1.807, 2.05) is 6.92 Å². The van der Waals surface area contributed by atoms with Crippen LogP contribution >= 0.6 is 0 Å². The van der Waals surface area contributed by atoms with Gasteiger partial charge in [0.1, 0.15) is 0 Å². The molecule has 0 aromatic heterocycles. The highest BCUT2D eigenvalue weighted by atomic mass is 14.0. The van der Waals surface area contributed by atoms with Crippen molar-refractivity contribution in [1.82, 2.24) is 0 Å². The van der Waals surface area contributed by atoms with E-state index in [0.29, 0.717) is 0 Å². The summed E-state index contributed by atoms with van der Waals surface area (Å²) in [5, 5.41) is 0. The zero-order chi connectivity index (χ0) is 4.83. The largest absolute Gasteiger partial charge is 0.0654 e. The maximum Gasteiger partial charge on any atom is -0.0386 e. The molecule has 0 bridgehead atoms. The molecule has 2 radical (unpaired) electrons. The summed E-state index contributed by atoms with van der Waals surface area (Å²) in [6, 6.07) is 0. The third-order valence-electron chi connectivity index (χ3n) is 0.289. The molecular weight excluding hydrogens is 72.1 g/mol. The molecule has 1 rings (SSSR count). The van der Waals surface area contributed by atoms with Crippen LogP contribution in [-0.2, 0) is 0 Å². The van der Waals surface area contributed by atoms with Crippen molar-refractivity contribution >= 4 is 0 Å². The zero-order valence-corrected chi connectivity index (χ0v) is 4.41. The summed E-state index contributed by atoms with van der Waals surface area (Å²) in [7, 11) is 0. The van der Waals surface area contributed by atoms with Gasteiger partial charge in [-0.3, -0.25) is 0 Å². The van der Waals surface area contributed by atoms with Crippen LogP contribution in [0.25, 0.3) is 0 Å². The van der Waals surface area contributed by atoms with Gasteiger partial charge in [0, 0.05) is 0 Å².